The maximum Gasteiger partial charge on any atom is 0.407 e. The lowest BCUT2D eigenvalue weighted by atomic mass is 9.85. The number of alkyl carbamates (subject to hydrolysis) is 2. The molecular weight excluding hydrogens is 897 g/mol. The van der Waals surface area contributed by atoms with Crippen LogP contribution in [0.1, 0.15) is 128 Å². The van der Waals surface area contributed by atoms with E-state index in [9.17, 15) is 19.2 Å². The number of methoxy groups -OCH3 is 2. The van der Waals surface area contributed by atoms with Crippen LogP contribution < -0.4 is 20.1 Å². The van der Waals surface area contributed by atoms with Gasteiger partial charge in [0, 0.05) is 45.5 Å². The standard InChI is InChI=1S/C52H66N8O10/c1-25-9-11-39(59(25)49(61)45(57-51(63)65-7)33-13-27(3)69-28(4)14-33)47-53-21-37(55-47)31-17-35-23-68-42-20-32(18-36-24-67-41(19-31)43(35)44(36)42)38-22-54-48(56-38)40-12-10-26(2)60(40)50(62)46(58-52(64)66-8)34-15-29(5)70-30(6)16-34/h17-22,25-30,33-34,39-40,45-46H,9-16,23-24H2,1-8H3,(H,53,55)(H,54,56)(H,57,63)(H,58,64)/t25-,26-,27+,28+,29+,30+,39-,40-,45-,46-/m0/s1. The quantitative estimate of drug-likeness (QED) is 0.120. The van der Waals surface area contributed by atoms with Crippen LogP contribution >= 0.6 is 0 Å². The summed E-state index contributed by atoms with van der Waals surface area (Å²) in [5.41, 5.74) is 7.35. The second kappa shape index (κ2) is 19.2. The van der Waals surface area contributed by atoms with Gasteiger partial charge in [0.1, 0.15) is 48.4 Å². The Hall–Kier alpha value is -6.14. The van der Waals surface area contributed by atoms with Gasteiger partial charge in [-0.15, -0.1) is 0 Å². The Balaban J connectivity index is 0.877. The summed E-state index contributed by atoms with van der Waals surface area (Å²) in [6.45, 7) is 12.8. The second-order valence-electron chi connectivity index (χ2n) is 20.5. The fourth-order valence-electron chi connectivity index (χ4n) is 12.5. The Bertz CT molecular complexity index is 2400. The van der Waals surface area contributed by atoms with Gasteiger partial charge in [-0.25, -0.2) is 19.6 Å². The van der Waals surface area contributed by atoms with E-state index in [1.165, 1.54) is 14.2 Å². The molecule has 0 bridgehead atoms. The highest BCUT2D eigenvalue weighted by Gasteiger charge is 2.46. The summed E-state index contributed by atoms with van der Waals surface area (Å²) in [5.74, 6) is 2.37. The van der Waals surface area contributed by atoms with E-state index < -0.39 is 24.3 Å². The predicted molar refractivity (Wildman–Crippen MR) is 256 cm³/mol. The van der Waals surface area contributed by atoms with Gasteiger partial charge in [-0.1, -0.05) is 0 Å². The molecule has 18 nitrogen and oxygen atoms in total. The number of rotatable bonds is 10. The molecule has 4 amide bonds. The molecule has 0 spiro atoms. The van der Waals surface area contributed by atoms with Gasteiger partial charge in [-0.2, -0.15) is 0 Å². The van der Waals surface area contributed by atoms with Gasteiger partial charge in [0.2, 0.25) is 11.8 Å². The van der Waals surface area contributed by atoms with E-state index in [-0.39, 0.29) is 72.2 Å². The van der Waals surface area contributed by atoms with Crippen molar-refractivity contribution in [1.29, 1.82) is 0 Å². The smallest absolute Gasteiger partial charge is 0.407 e. The van der Waals surface area contributed by atoms with Gasteiger partial charge < -0.3 is 58.8 Å². The number of likely N-dealkylation sites (tertiary alicyclic amines) is 2. The highest BCUT2D eigenvalue weighted by molar-refractivity contribution is 5.90. The summed E-state index contributed by atoms with van der Waals surface area (Å²) in [6.07, 6.45) is 7.83. The summed E-state index contributed by atoms with van der Waals surface area (Å²) in [5, 5.41) is 5.77. The molecule has 6 aliphatic heterocycles. The third-order valence-electron chi connectivity index (χ3n) is 15.5. The van der Waals surface area contributed by atoms with Gasteiger partial charge in [0.15, 0.2) is 0 Å². The van der Waals surface area contributed by atoms with Crippen LogP contribution in [0.4, 0.5) is 9.59 Å². The number of imidazole rings is 2. The zero-order chi connectivity index (χ0) is 49.1. The molecule has 10 rings (SSSR count). The van der Waals surface area contributed by atoms with E-state index in [1.54, 1.807) is 0 Å². The van der Waals surface area contributed by atoms with Crippen LogP contribution in [0, 0.1) is 11.8 Å². The third-order valence-corrected chi connectivity index (χ3v) is 15.5. The van der Waals surface area contributed by atoms with Crippen LogP contribution in [0.5, 0.6) is 11.5 Å². The Labute approximate surface area is 408 Å². The van der Waals surface area contributed by atoms with Crippen molar-refractivity contribution in [3.05, 3.63) is 59.4 Å². The molecule has 70 heavy (non-hydrogen) atoms. The number of H-pyrrole nitrogens is 2. The molecule has 18 heteroatoms. The van der Waals surface area contributed by atoms with E-state index >= 15 is 0 Å². The van der Waals surface area contributed by atoms with E-state index in [0.717, 1.165) is 82.0 Å². The van der Waals surface area contributed by atoms with Crippen LogP contribution in [-0.2, 0) is 41.8 Å². The van der Waals surface area contributed by atoms with Crippen molar-refractivity contribution in [2.24, 2.45) is 11.8 Å². The van der Waals surface area contributed by atoms with Gasteiger partial charge in [-0.05, 0) is 129 Å². The first kappa shape index (κ1) is 47.5. The molecule has 0 unspecified atom stereocenters. The summed E-state index contributed by atoms with van der Waals surface area (Å²) in [4.78, 5) is 74.9. The fourth-order valence-corrected chi connectivity index (χ4v) is 12.5. The third kappa shape index (κ3) is 8.97. The number of nitrogens with one attached hydrogen (secondary N) is 4. The van der Waals surface area contributed by atoms with Crippen molar-refractivity contribution in [2.45, 2.75) is 167 Å². The molecule has 4 aromatic rings. The lowest BCUT2D eigenvalue weighted by molar-refractivity contribution is -0.141. The normalized spacial score (nSPS) is 28.7. The Morgan fingerprint density at radius 2 is 0.986 bits per heavy atom. The average molecular weight is 963 g/mol. The number of amides is 4. The summed E-state index contributed by atoms with van der Waals surface area (Å²) in [6, 6.07) is 6.05. The lowest BCUT2D eigenvalue weighted by Gasteiger charge is -2.39. The molecule has 4 N–H and O–H groups in total. The number of carbonyl (C=O) groups excluding carboxylic acids is 4. The number of hydrogen-bond acceptors (Lipinski definition) is 12. The van der Waals surface area contributed by atoms with Gasteiger partial charge in [-0.3, -0.25) is 9.59 Å². The van der Waals surface area contributed by atoms with Crippen molar-refractivity contribution in [1.82, 2.24) is 40.4 Å². The first-order valence-corrected chi connectivity index (χ1v) is 25.0. The number of aromatic amines is 2. The van der Waals surface area contributed by atoms with Crippen molar-refractivity contribution >= 4 is 24.0 Å². The number of benzene rings is 2. The maximum atomic E-state index is 14.6. The number of carbonyl (C=O) groups is 4. The summed E-state index contributed by atoms with van der Waals surface area (Å²) in [7, 11) is 2.62. The Kier molecular flexibility index (Phi) is 13.1. The summed E-state index contributed by atoms with van der Waals surface area (Å²) >= 11 is 0. The molecule has 2 aromatic carbocycles. The van der Waals surface area contributed by atoms with Gasteiger partial charge in [0.05, 0.1) is 74.5 Å². The van der Waals surface area contributed by atoms with Crippen LogP contribution in [0.2, 0.25) is 0 Å². The van der Waals surface area contributed by atoms with Crippen LogP contribution in [0.15, 0.2) is 36.7 Å². The zero-order valence-corrected chi connectivity index (χ0v) is 41.3. The molecule has 10 atom stereocenters. The molecule has 6 aliphatic rings. The maximum absolute atomic E-state index is 14.6. The molecule has 0 saturated carbocycles. The van der Waals surface area contributed by atoms with E-state index in [1.807, 2.05) is 75.9 Å². The van der Waals surface area contributed by atoms with Crippen molar-refractivity contribution < 1.29 is 47.6 Å². The lowest BCUT2D eigenvalue weighted by Crippen LogP contribution is -2.55. The van der Waals surface area contributed by atoms with E-state index in [4.69, 9.17) is 38.4 Å². The Morgan fingerprint density at radius 1 is 0.600 bits per heavy atom. The van der Waals surface area contributed by atoms with E-state index in [2.05, 4.69) is 32.7 Å². The average Bonchev–Trinajstić information content (AvgIpc) is 4.17. The van der Waals surface area contributed by atoms with Gasteiger partial charge in [0.25, 0.3) is 0 Å². The SMILES string of the molecule is COC(=O)N[C@H](C(=O)N1[C@@H](C)CC[C@H]1c1ncc(-c2cc3c4c(c2)OCc2cc(-c5cnc([C@@H]6CC[C@H](C)N6C(=O)[C@@H](NC(=O)OC)C6C[C@@H](C)O[C@H](C)C6)[nH]5)cc(c2-4)OC3)[nH]1)C1C[C@@H](C)O[C@H](C)C1. The van der Waals surface area contributed by atoms with Crippen molar-refractivity contribution in [2.75, 3.05) is 14.2 Å². The molecule has 0 radical (unpaired) electrons. The number of nitrogens with zero attached hydrogens (tertiary/aromatic N) is 4. The number of aromatic nitrogens is 4. The fraction of sp³-hybridized carbons (Fsp3) is 0.577. The highest BCUT2D eigenvalue weighted by atomic mass is 16.5. The second-order valence-corrected chi connectivity index (χ2v) is 20.5. The Morgan fingerprint density at radius 3 is 1.36 bits per heavy atom. The first-order chi connectivity index (χ1) is 33.7. The van der Waals surface area contributed by atoms with Crippen LogP contribution in [-0.4, -0.2) is 117 Å². The molecule has 8 heterocycles. The largest absolute Gasteiger partial charge is 0.488 e. The van der Waals surface area contributed by atoms with Crippen molar-refractivity contribution in [3.8, 4) is 45.1 Å². The van der Waals surface area contributed by atoms with Crippen LogP contribution in [0.25, 0.3) is 33.6 Å². The zero-order valence-electron chi connectivity index (χ0n) is 41.3. The molecular formula is C52H66N8O10. The minimum atomic E-state index is -0.761. The molecule has 4 saturated heterocycles. The predicted octanol–water partition coefficient (Wildman–Crippen LogP) is 7.88. The monoisotopic (exact) mass is 962 g/mol. The topological polar surface area (TPSA) is 212 Å². The van der Waals surface area contributed by atoms with Crippen molar-refractivity contribution in [3.63, 3.8) is 0 Å². The molecule has 2 aromatic heterocycles. The minimum absolute atomic E-state index is 0.0399. The minimum Gasteiger partial charge on any atom is -0.488 e. The number of ether oxygens (including phenoxy) is 6. The number of hydrogen-bond donors (Lipinski definition) is 4. The molecule has 374 valence electrons. The van der Waals surface area contributed by atoms with Crippen LogP contribution in [0.3, 0.4) is 0 Å². The first-order valence-electron chi connectivity index (χ1n) is 25.0. The molecule has 0 aliphatic carbocycles. The summed E-state index contributed by atoms with van der Waals surface area (Å²) < 4.78 is 35.0. The van der Waals surface area contributed by atoms with Gasteiger partial charge >= 0.3 is 12.2 Å². The molecule has 4 fully saturated rings. The van der Waals surface area contributed by atoms with E-state index in [0.29, 0.717) is 50.5 Å². The highest BCUT2D eigenvalue weighted by Crippen LogP contribution is 2.51.